The number of carbonyl (C=O) groups is 1. The molecule has 1 N–H and O–H groups in total. The van der Waals surface area contributed by atoms with Gasteiger partial charge in [0.2, 0.25) is 5.91 Å². The number of fused-ring (bicyclic) bond motifs is 2. The van der Waals surface area contributed by atoms with Gasteiger partial charge in [0.1, 0.15) is 18.2 Å². The molecule has 0 bridgehead atoms. The molecule has 5 rings (SSSR count). The van der Waals surface area contributed by atoms with E-state index in [9.17, 15) is 9.18 Å². The van der Waals surface area contributed by atoms with Gasteiger partial charge in [-0.3, -0.25) is 9.69 Å². The van der Waals surface area contributed by atoms with Crippen molar-refractivity contribution >= 4 is 23.0 Å². The lowest BCUT2D eigenvalue weighted by atomic mass is 10.1. The third kappa shape index (κ3) is 4.92. The minimum Gasteiger partial charge on any atom is -0.487 e. The highest BCUT2D eigenvalue weighted by Gasteiger charge is 2.30. The minimum atomic E-state index is -0.236. The monoisotopic (exact) mass is 459 g/mol. The standard InChI is InChI=1S/C28H30FN3O2/c1-20(33)30-24-11-8-21(9-12-24)14-16-31-15-4-5-25(31)18-32-26-13-10-23(29)17-22(26)19-34-28-7-3-2-6-27(28)32/h2-3,6-13,17,25H,4-5,14-16,18-19H2,1H3,(H,30,33). The van der Waals surface area contributed by atoms with Crippen molar-refractivity contribution in [3.63, 3.8) is 0 Å². The molecule has 3 aromatic carbocycles. The van der Waals surface area contributed by atoms with Crippen LogP contribution in [0.4, 0.5) is 21.5 Å². The Labute approximate surface area is 200 Å². The largest absolute Gasteiger partial charge is 0.487 e. The summed E-state index contributed by atoms with van der Waals surface area (Å²) in [4.78, 5) is 16.1. The molecule has 1 fully saturated rings. The van der Waals surface area contributed by atoms with E-state index >= 15 is 0 Å². The van der Waals surface area contributed by atoms with Gasteiger partial charge in [0, 0.05) is 43.0 Å². The van der Waals surface area contributed by atoms with Crippen molar-refractivity contribution in [1.82, 2.24) is 4.90 Å². The summed E-state index contributed by atoms with van der Waals surface area (Å²) in [6.07, 6.45) is 3.27. The van der Waals surface area contributed by atoms with Crippen LogP contribution in [0.15, 0.2) is 66.7 Å². The molecule has 34 heavy (non-hydrogen) atoms. The lowest BCUT2D eigenvalue weighted by molar-refractivity contribution is -0.114. The molecule has 1 amide bonds. The van der Waals surface area contributed by atoms with Crippen LogP contribution in [0.5, 0.6) is 5.75 Å². The molecule has 176 valence electrons. The predicted molar refractivity (Wildman–Crippen MR) is 133 cm³/mol. The van der Waals surface area contributed by atoms with Crippen LogP contribution in [-0.2, 0) is 17.8 Å². The average molecular weight is 460 g/mol. The third-order valence-electron chi connectivity index (χ3n) is 6.73. The molecule has 0 spiro atoms. The van der Waals surface area contributed by atoms with Gasteiger partial charge in [-0.1, -0.05) is 24.3 Å². The summed E-state index contributed by atoms with van der Waals surface area (Å²) < 4.78 is 20.0. The minimum absolute atomic E-state index is 0.0579. The van der Waals surface area contributed by atoms with E-state index in [2.05, 4.69) is 33.3 Å². The van der Waals surface area contributed by atoms with E-state index in [0.29, 0.717) is 12.6 Å². The van der Waals surface area contributed by atoms with Crippen molar-refractivity contribution < 1.29 is 13.9 Å². The second kappa shape index (κ2) is 9.85. The maximum absolute atomic E-state index is 14.0. The van der Waals surface area contributed by atoms with Gasteiger partial charge < -0.3 is 15.0 Å². The Morgan fingerprint density at radius 3 is 2.74 bits per heavy atom. The third-order valence-corrected chi connectivity index (χ3v) is 6.73. The lowest BCUT2D eigenvalue weighted by Gasteiger charge is -2.32. The van der Waals surface area contributed by atoms with E-state index in [1.54, 1.807) is 6.07 Å². The zero-order chi connectivity index (χ0) is 23.5. The van der Waals surface area contributed by atoms with Crippen LogP contribution >= 0.6 is 0 Å². The Kier molecular flexibility index (Phi) is 6.50. The highest BCUT2D eigenvalue weighted by atomic mass is 19.1. The molecule has 6 heteroatoms. The lowest BCUT2D eigenvalue weighted by Crippen LogP contribution is -2.39. The smallest absolute Gasteiger partial charge is 0.221 e. The highest BCUT2D eigenvalue weighted by molar-refractivity contribution is 5.88. The van der Waals surface area contributed by atoms with Crippen molar-refractivity contribution in [2.75, 3.05) is 29.9 Å². The fourth-order valence-electron chi connectivity index (χ4n) is 5.05. The molecule has 0 aromatic heterocycles. The number of para-hydroxylation sites is 2. The Morgan fingerprint density at radius 1 is 1.09 bits per heavy atom. The van der Waals surface area contributed by atoms with E-state index in [0.717, 1.165) is 60.9 Å². The Bertz CT molecular complexity index is 1160. The van der Waals surface area contributed by atoms with Crippen molar-refractivity contribution in [2.24, 2.45) is 0 Å². The van der Waals surface area contributed by atoms with Gasteiger partial charge >= 0.3 is 0 Å². The summed E-state index contributed by atoms with van der Waals surface area (Å²) in [6.45, 7) is 4.78. The number of likely N-dealkylation sites (tertiary alicyclic amines) is 1. The van der Waals surface area contributed by atoms with E-state index in [4.69, 9.17) is 4.74 Å². The van der Waals surface area contributed by atoms with Gasteiger partial charge in [-0.15, -0.1) is 0 Å². The quantitative estimate of drug-likeness (QED) is 0.527. The summed E-state index contributed by atoms with van der Waals surface area (Å²) in [5, 5.41) is 2.82. The summed E-state index contributed by atoms with van der Waals surface area (Å²) in [5.41, 5.74) is 5.02. The first-order valence-corrected chi connectivity index (χ1v) is 12.0. The summed E-state index contributed by atoms with van der Waals surface area (Å²) in [7, 11) is 0. The molecule has 2 aliphatic rings. The first kappa shape index (κ1) is 22.4. The number of hydrogen-bond donors (Lipinski definition) is 1. The molecule has 1 atom stereocenters. The second-order valence-electron chi connectivity index (χ2n) is 9.10. The number of nitrogens with zero attached hydrogens (tertiary/aromatic N) is 2. The van der Waals surface area contributed by atoms with Crippen LogP contribution in [0.3, 0.4) is 0 Å². The molecule has 1 saturated heterocycles. The van der Waals surface area contributed by atoms with Crippen LogP contribution in [-0.4, -0.2) is 36.5 Å². The maximum atomic E-state index is 14.0. The van der Waals surface area contributed by atoms with Crippen molar-refractivity contribution in [2.45, 2.75) is 38.8 Å². The van der Waals surface area contributed by atoms with Gasteiger partial charge in [0.05, 0.1) is 5.69 Å². The predicted octanol–water partition coefficient (Wildman–Crippen LogP) is 5.52. The number of halogens is 1. The zero-order valence-corrected chi connectivity index (χ0v) is 19.5. The van der Waals surface area contributed by atoms with Gasteiger partial charge in [-0.05, 0) is 73.8 Å². The molecule has 1 unspecified atom stereocenters. The molecule has 0 saturated carbocycles. The fourth-order valence-corrected chi connectivity index (χ4v) is 5.05. The van der Waals surface area contributed by atoms with E-state index in [1.807, 2.05) is 36.4 Å². The molecule has 0 radical (unpaired) electrons. The van der Waals surface area contributed by atoms with E-state index in [-0.39, 0.29) is 11.7 Å². The van der Waals surface area contributed by atoms with Gasteiger partial charge in [0.15, 0.2) is 0 Å². The maximum Gasteiger partial charge on any atom is 0.221 e. The molecule has 0 aliphatic carbocycles. The number of benzene rings is 3. The highest BCUT2D eigenvalue weighted by Crippen LogP contribution is 2.40. The molecule has 5 nitrogen and oxygen atoms in total. The fraction of sp³-hybridized carbons (Fsp3) is 0.321. The summed E-state index contributed by atoms with van der Waals surface area (Å²) in [5.74, 6) is 0.542. The normalized spacial score (nSPS) is 17.5. The van der Waals surface area contributed by atoms with E-state index in [1.165, 1.54) is 25.0 Å². The molecular formula is C28H30FN3O2. The van der Waals surface area contributed by atoms with Crippen molar-refractivity contribution in [1.29, 1.82) is 0 Å². The molecule has 2 aliphatic heterocycles. The molecule has 2 heterocycles. The molecular weight excluding hydrogens is 429 g/mol. The van der Waals surface area contributed by atoms with Crippen LogP contribution in [0.2, 0.25) is 0 Å². The van der Waals surface area contributed by atoms with Crippen LogP contribution in [0.25, 0.3) is 0 Å². The van der Waals surface area contributed by atoms with Gasteiger partial charge in [0.25, 0.3) is 0 Å². The van der Waals surface area contributed by atoms with E-state index < -0.39 is 0 Å². The number of rotatable bonds is 6. The van der Waals surface area contributed by atoms with Crippen LogP contribution < -0.4 is 15.0 Å². The first-order chi connectivity index (χ1) is 16.6. The Balaban J connectivity index is 1.32. The average Bonchev–Trinajstić information content (AvgIpc) is 3.21. The number of nitrogens with one attached hydrogen (secondary N) is 1. The Hall–Kier alpha value is -3.38. The topological polar surface area (TPSA) is 44.8 Å². The van der Waals surface area contributed by atoms with Crippen LogP contribution in [0.1, 0.15) is 30.9 Å². The summed E-state index contributed by atoms with van der Waals surface area (Å²) >= 11 is 0. The van der Waals surface area contributed by atoms with Gasteiger partial charge in [-0.2, -0.15) is 0 Å². The van der Waals surface area contributed by atoms with Crippen LogP contribution in [0, 0.1) is 5.82 Å². The number of hydrogen-bond acceptors (Lipinski definition) is 4. The number of amides is 1. The molecule has 3 aromatic rings. The number of carbonyl (C=O) groups excluding carboxylic acids is 1. The number of ether oxygens (including phenoxy) is 1. The Morgan fingerprint density at radius 2 is 1.91 bits per heavy atom. The SMILES string of the molecule is CC(=O)Nc1ccc(CCN2CCCC2CN2c3ccc(F)cc3COc3ccccc32)cc1. The zero-order valence-electron chi connectivity index (χ0n) is 19.5. The first-order valence-electron chi connectivity index (χ1n) is 12.0. The summed E-state index contributed by atoms with van der Waals surface area (Å²) in [6, 6.07) is 21.6. The van der Waals surface area contributed by atoms with Gasteiger partial charge in [-0.25, -0.2) is 4.39 Å². The second-order valence-corrected chi connectivity index (χ2v) is 9.10. The van der Waals surface area contributed by atoms with Crippen molar-refractivity contribution in [3.05, 3.63) is 83.7 Å². The van der Waals surface area contributed by atoms with Crippen molar-refractivity contribution in [3.8, 4) is 5.75 Å². The number of anilines is 3.